The number of benzene rings is 2. The van der Waals surface area contributed by atoms with Crippen molar-refractivity contribution in [1.82, 2.24) is 9.97 Å². The molecule has 5 nitrogen and oxygen atoms in total. The van der Waals surface area contributed by atoms with Crippen LogP contribution in [0.1, 0.15) is 5.56 Å². The van der Waals surface area contributed by atoms with Crippen LogP contribution in [0, 0.1) is 6.92 Å². The van der Waals surface area contributed by atoms with Crippen molar-refractivity contribution in [2.24, 2.45) is 0 Å². The van der Waals surface area contributed by atoms with E-state index in [1.807, 2.05) is 25.1 Å². The van der Waals surface area contributed by atoms with Crippen LogP contribution >= 0.6 is 15.9 Å². The summed E-state index contributed by atoms with van der Waals surface area (Å²) in [6, 6.07) is 9.30. The zero-order chi connectivity index (χ0) is 15.0. The molecule has 1 aromatic heterocycles. The van der Waals surface area contributed by atoms with Gasteiger partial charge in [0.05, 0.1) is 28.6 Å². The molecule has 4 N–H and O–H groups in total. The van der Waals surface area contributed by atoms with Gasteiger partial charge < -0.3 is 16.0 Å². The standard InChI is InChI=1S/C15H13BrN4O/c1-8-10(16)3-2-4-12(8)20-14-6-13-9(5-11(14)17)15(21)19-7-18-13/h2-7,20H,17H2,1H3,(H,18,19,21). The summed E-state index contributed by atoms with van der Waals surface area (Å²) in [5, 5.41) is 3.76. The van der Waals surface area contributed by atoms with Crippen LogP contribution in [-0.2, 0) is 0 Å². The van der Waals surface area contributed by atoms with Gasteiger partial charge in [-0.1, -0.05) is 22.0 Å². The maximum absolute atomic E-state index is 11.7. The predicted octanol–water partition coefficient (Wildman–Crippen LogP) is 3.32. The van der Waals surface area contributed by atoms with Crippen molar-refractivity contribution in [2.45, 2.75) is 6.92 Å². The summed E-state index contributed by atoms with van der Waals surface area (Å²) < 4.78 is 1.02. The average molecular weight is 345 g/mol. The van der Waals surface area contributed by atoms with Crippen LogP contribution in [0.25, 0.3) is 10.9 Å². The lowest BCUT2D eigenvalue weighted by Gasteiger charge is -2.13. The molecule has 3 aromatic rings. The Morgan fingerprint density at radius 1 is 1.29 bits per heavy atom. The molecule has 0 aliphatic carbocycles. The first-order valence-electron chi connectivity index (χ1n) is 6.35. The van der Waals surface area contributed by atoms with Gasteiger partial charge in [0, 0.05) is 10.2 Å². The van der Waals surface area contributed by atoms with Gasteiger partial charge in [0.1, 0.15) is 0 Å². The molecule has 0 saturated heterocycles. The zero-order valence-electron chi connectivity index (χ0n) is 11.3. The van der Waals surface area contributed by atoms with E-state index in [0.717, 1.165) is 21.4 Å². The Hall–Kier alpha value is -2.34. The van der Waals surface area contributed by atoms with Crippen LogP contribution < -0.4 is 16.6 Å². The highest BCUT2D eigenvalue weighted by atomic mass is 79.9. The summed E-state index contributed by atoms with van der Waals surface area (Å²) in [6.45, 7) is 2.01. The fourth-order valence-corrected chi connectivity index (χ4v) is 2.49. The Morgan fingerprint density at radius 3 is 2.90 bits per heavy atom. The van der Waals surface area contributed by atoms with E-state index in [4.69, 9.17) is 5.73 Å². The molecule has 0 bridgehead atoms. The Balaban J connectivity index is 2.11. The van der Waals surface area contributed by atoms with E-state index in [1.165, 1.54) is 6.33 Å². The molecule has 0 unspecified atom stereocenters. The van der Waals surface area contributed by atoms with Crippen molar-refractivity contribution < 1.29 is 0 Å². The van der Waals surface area contributed by atoms with Gasteiger partial charge >= 0.3 is 0 Å². The number of fused-ring (bicyclic) bond motifs is 1. The van der Waals surface area contributed by atoms with E-state index in [0.29, 0.717) is 16.6 Å². The smallest absolute Gasteiger partial charge is 0.258 e. The van der Waals surface area contributed by atoms with Crippen LogP contribution in [0.3, 0.4) is 0 Å². The number of aromatic amines is 1. The summed E-state index contributed by atoms with van der Waals surface area (Å²) in [4.78, 5) is 18.4. The topological polar surface area (TPSA) is 83.8 Å². The number of nitrogens with zero attached hydrogens (tertiary/aromatic N) is 1. The van der Waals surface area contributed by atoms with Gasteiger partial charge in [-0.2, -0.15) is 0 Å². The third-order valence-corrected chi connectivity index (χ3v) is 4.21. The molecule has 0 saturated carbocycles. The second-order valence-electron chi connectivity index (χ2n) is 4.73. The van der Waals surface area contributed by atoms with Crippen molar-refractivity contribution in [2.75, 3.05) is 11.1 Å². The normalized spacial score (nSPS) is 10.8. The molecule has 0 aliphatic rings. The first kappa shape index (κ1) is 13.6. The maximum Gasteiger partial charge on any atom is 0.258 e. The van der Waals surface area contributed by atoms with Gasteiger partial charge in [-0.25, -0.2) is 4.98 Å². The number of H-pyrrole nitrogens is 1. The van der Waals surface area contributed by atoms with E-state index in [9.17, 15) is 4.79 Å². The SMILES string of the molecule is Cc1c(Br)cccc1Nc1cc2nc[nH]c(=O)c2cc1N. The number of nitrogen functional groups attached to an aromatic ring is 1. The first-order chi connectivity index (χ1) is 10.1. The van der Waals surface area contributed by atoms with E-state index < -0.39 is 0 Å². The van der Waals surface area contributed by atoms with Crippen molar-refractivity contribution >= 4 is 43.9 Å². The number of aromatic nitrogens is 2. The number of nitrogens with one attached hydrogen (secondary N) is 2. The summed E-state index contributed by atoms with van der Waals surface area (Å²) >= 11 is 3.50. The van der Waals surface area contributed by atoms with Crippen molar-refractivity contribution in [3.8, 4) is 0 Å². The fourth-order valence-electron chi connectivity index (χ4n) is 2.13. The molecule has 0 aliphatic heterocycles. The fraction of sp³-hybridized carbons (Fsp3) is 0.0667. The monoisotopic (exact) mass is 344 g/mol. The minimum Gasteiger partial charge on any atom is -0.397 e. The zero-order valence-corrected chi connectivity index (χ0v) is 12.9. The molecule has 0 radical (unpaired) electrons. The summed E-state index contributed by atoms with van der Waals surface area (Å²) in [7, 11) is 0. The summed E-state index contributed by atoms with van der Waals surface area (Å²) in [5.74, 6) is 0. The lowest BCUT2D eigenvalue weighted by molar-refractivity contribution is 1.17. The van der Waals surface area contributed by atoms with E-state index in [1.54, 1.807) is 12.1 Å². The van der Waals surface area contributed by atoms with Crippen LogP contribution in [-0.4, -0.2) is 9.97 Å². The summed E-state index contributed by atoms with van der Waals surface area (Å²) in [5.41, 5.74) is 9.69. The molecular formula is C15H13BrN4O. The third kappa shape index (κ3) is 2.50. The first-order valence-corrected chi connectivity index (χ1v) is 7.14. The number of hydrogen-bond donors (Lipinski definition) is 3. The van der Waals surface area contributed by atoms with Gasteiger partial charge in [-0.15, -0.1) is 0 Å². The molecule has 106 valence electrons. The summed E-state index contributed by atoms with van der Waals surface area (Å²) in [6.07, 6.45) is 1.38. The van der Waals surface area contributed by atoms with E-state index >= 15 is 0 Å². The second kappa shape index (κ2) is 5.21. The second-order valence-corrected chi connectivity index (χ2v) is 5.58. The highest BCUT2D eigenvalue weighted by Gasteiger charge is 2.08. The molecule has 0 fully saturated rings. The van der Waals surface area contributed by atoms with Crippen LogP contribution in [0.5, 0.6) is 0 Å². The van der Waals surface area contributed by atoms with Gasteiger partial charge in [-0.05, 0) is 36.8 Å². The number of hydrogen-bond acceptors (Lipinski definition) is 4. The Morgan fingerprint density at radius 2 is 2.10 bits per heavy atom. The minimum absolute atomic E-state index is 0.197. The van der Waals surface area contributed by atoms with Crippen LogP contribution in [0.4, 0.5) is 17.1 Å². The molecule has 1 heterocycles. The van der Waals surface area contributed by atoms with Crippen LogP contribution in [0.15, 0.2) is 45.9 Å². The number of rotatable bonds is 2. The van der Waals surface area contributed by atoms with Crippen LogP contribution in [0.2, 0.25) is 0 Å². The van der Waals surface area contributed by atoms with E-state index in [-0.39, 0.29) is 5.56 Å². The Labute approximate surface area is 129 Å². The highest BCUT2D eigenvalue weighted by molar-refractivity contribution is 9.10. The van der Waals surface area contributed by atoms with Gasteiger partial charge in [0.2, 0.25) is 0 Å². The number of anilines is 3. The quantitative estimate of drug-likeness (QED) is 0.622. The average Bonchev–Trinajstić information content (AvgIpc) is 2.46. The molecule has 0 amide bonds. The maximum atomic E-state index is 11.7. The molecular weight excluding hydrogens is 332 g/mol. The minimum atomic E-state index is -0.197. The van der Waals surface area contributed by atoms with E-state index in [2.05, 4.69) is 31.2 Å². The molecule has 21 heavy (non-hydrogen) atoms. The Bertz CT molecular complexity index is 888. The largest absolute Gasteiger partial charge is 0.397 e. The number of halogens is 1. The third-order valence-electron chi connectivity index (χ3n) is 3.35. The van der Waals surface area contributed by atoms with Gasteiger partial charge in [0.25, 0.3) is 5.56 Å². The number of nitrogens with two attached hydrogens (primary N) is 1. The molecule has 2 aromatic carbocycles. The molecule has 0 atom stereocenters. The van der Waals surface area contributed by atoms with Gasteiger partial charge in [-0.3, -0.25) is 4.79 Å². The highest BCUT2D eigenvalue weighted by Crippen LogP contribution is 2.30. The predicted molar refractivity (Wildman–Crippen MR) is 88.9 cm³/mol. The van der Waals surface area contributed by atoms with Gasteiger partial charge in [0.15, 0.2) is 0 Å². The molecule has 3 rings (SSSR count). The Kier molecular flexibility index (Phi) is 3.39. The lowest BCUT2D eigenvalue weighted by atomic mass is 10.1. The van der Waals surface area contributed by atoms with Crippen molar-refractivity contribution in [3.63, 3.8) is 0 Å². The lowest BCUT2D eigenvalue weighted by Crippen LogP contribution is -2.08. The molecule has 0 spiro atoms. The van der Waals surface area contributed by atoms with Crippen molar-refractivity contribution in [1.29, 1.82) is 0 Å². The molecule has 6 heteroatoms. The van der Waals surface area contributed by atoms with Crippen molar-refractivity contribution in [3.05, 3.63) is 57.0 Å².